The normalized spacial score (nSPS) is 36.9. The van der Waals surface area contributed by atoms with Crippen LogP contribution < -0.4 is 10.2 Å². The molecular formula is C19H18N2O4. The number of amides is 3. The molecule has 1 N–H and O–H groups in total. The maximum Gasteiger partial charge on any atom is 0.274 e. The third-order valence-electron chi connectivity index (χ3n) is 6.23. The van der Waals surface area contributed by atoms with E-state index in [9.17, 15) is 14.4 Å². The van der Waals surface area contributed by atoms with E-state index in [0.29, 0.717) is 23.1 Å². The quantitative estimate of drug-likeness (QED) is 0.668. The van der Waals surface area contributed by atoms with Gasteiger partial charge in [0.25, 0.3) is 17.7 Å². The molecule has 25 heavy (non-hydrogen) atoms. The Kier molecular flexibility index (Phi) is 2.90. The van der Waals surface area contributed by atoms with Crippen LogP contribution in [0.2, 0.25) is 0 Å². The highest BCUT2D eigenvalue weighted by Crippen LogP contribution is 2.65. The Morgan fingerprint density at radius 1 is 1.08 bits per heavy atom. The number of para-hydroxylation sites is 1. The molecule has 1 heterocycles. The molecule has 1 aliphatic heterocycles. The number of hydrazine groups is 1. The zero-order chi connectivity index (χ0) is 17.3. The number of nitrogens with zero attached hydrogens (tertiary/aromatic N) is 1. The maximum absolute atomic E-state index is 12.9. The fourth-order valence-electron chi connectivity index (χ4n) is 5.06. The van der Waals surface area contributed by atoms with Crippen molar-refractivity contribution in [2.75, 3.05) is 7.11 Å². The minimum absolute atomic E-state index is 0.143. The second-order valence-corrected chi connectivity index (χ2v) is 7.31. The number of methoxy groups -OCH3 is 1. The first-order valence-corrected chi connectivity index (χ1v) is 8.62. The Hall–Kier alpha value is -2.63. The van der Waals surface area contributed by atoms with Crippen molar-refractivity contribution in [3.8, 4) is 5.75 Å². The zero-order valence-corrected chi connectivity index (χ0v) is 13.7. The van der Waals surface area contributed by atoms with E-state index >= 15 is 0 Å². The molecule has 3 fully saturated rings. The van der Waals surface area contributed by atoms with Gasteiger partial charge in [0.1, 0.15) is 5.75 Å². The molecule has 1 saturated heterocycles. The summed E-state index contributed by atoms with van der Waals surface area (Å²) in [6, 6.07) is 6.74. The number of rotatable bonds is 3. The predicted octanol–water partition coefficient (Wildman–Crippen LogP) is 1.39. The molecule has 0 aromatic heterocycles. The van der Waals surface area contributed by atoms with Crippen molar-refractivity contribution in [2.45, 2.75) is 6.42 Å². The average Bonchev–Trinajstić information content (AvgIpc) is 3.42. The highest BCUT2D eigenvalue weighted by Gasteiger charge is 2.67. The lowest BCUT2D eigenvalue weighted by molar-refractivity contribution is -0.143. The summed E-state index contributed by atoms with van der Waals surface area (Å²) in [5.74, 6) is 0.0760. The average molecular weight is 338 g/mol. The van der Waals surface area contributed by atoms with Gasteiger partial charge < -0.3 is 4.74 Å². The van der Waals surface area contributed by atoms with Crippen LogP contribution in [0, 0.1) is 35.5 Å². The Labute approximate surface area is 144 Å². The number of carbonyl (C=O) groups is 3. The molecule has 6 atom stereocenters. The smallest absolute Gasteiger partial charge is 0.274 e. The predicted molar refractivity (Wildman–Crippen MR) is 87.0 cm³/mol. The Balaban J connectivity index is 1.42. The van der Waals surface area contributed by atoms with E-state index < -0.39 is 5.91 Å². The first-order valence-electron chi connectivity index (χ1n) is 8.62. The fourth-order valence-corrected chi connectivity index (χ4v) is 5.06. The van der Waals surface area contributed by atoms with Gasteiger partial charge in [-0.3, -0.25) is 19.8 Å². The number of hydrogen-bond donors (Lipinski definition) is 1. The van der Waals surface area contributed by atoms with Crippen molar-refractivity contribution in [2.24, 2.45) is 35.5 Å². The standard InChI is InChI=1S/C19H18N2O4/c1-25-14-5-3-2-4-11(14)17(22)20-21-18(23)15-9-6-7-10(13-8-12(9)13)16(15)19(21)24/h2-7,9-10,12-13,15-16H,8H2,1H3,(H,20,22). The van der Waals surface area contributed by atoms with E-state index in [1.807, 2.05) is 0 Å². The van der Waals surface area contributed by atoms with Gasteiger partial charge in [0.2, 0.25) is 0 Å². The first-order chi connectivity index (χ1) is 12.1. The number of hydrogen-bond acceptors (Lipinski definition) is 4. The lowest BCUT2D eigenvalue weighted by Crippen LogP contribution is -2.47. The van der Waals surface area contributed by atoms with E-state index in [4.69, 9.17) is 4.74 Å². The van der Waals surface area contributed by atoms with Crippen LogP contribution in [-0.2, 0) is 9.59 Å². The summed E-state index contributed by atoms with van der Waals surface area (Å²) in [5, 5.41) is 0.946. The molecule has 128 valence electrons. The van der Waals surface area contributed by atoms with Gasteiger partial charge in [-0.15, -0.1) is 0 Å². The number of imide groups is 1. The minimum atomic E-state index is -0.511. The van der Waals surface area contributed by atoms with E-state index in [2.05, 4.69) is 17.6 Å². The maximum atomic E-state index is 12.9. The summed E-state index contributed by atoms with van der Waals surface area (Å²) in [5.41, 5.74) is 2.81. The second kappa shape index (κ2) is 4.94. The van der Waals surface area contributed by atoms with Crippen LogP contribution in [0.25, 0.3) is 0 Å². The molecule has 6 unspecified atom stereocenters. The lowest BCUT2D eigenvalue weighted by Gasteiger charge is -2.37. The number of nitrogens with one attached hydrogen (secondary N) is 1. The second-order valence-electron chi connectivity index (χ2n) is 7.31. The molecule has 6 nitrogen and oxygen atoms in total. The van der Waals surface area contributed by atoms with Gasteiger partial charge in [0, 0.05) is 0 Å². The van der Waals surface area contributed by atoms with Crippen LogP contribution in [0.5, 0.6) is 5.75 Å². The van der Waals surface area contributed by atoms with Gasteiger partial charge in [-0.05, 0) is 42.2 Å². The molecule has 6 rings (SSSR count). The largest absolute Gasteiger partial charge is 0.496 e. The van der Waals surface area contributed by atoms with Gasteiger partial charge >= 0.3 is 0 Å². The van der Waals surface area contributed by atoms with E-state index in [-0.39, 0.29) is 35.5 Å². The van der Waals surface area contributed by atoms with Gasteiger partial charge in [-0.25, -0.2) is 0 Å². The Bertz CT molecular complexity index is 796. The highest BCUT2D eigenvalue weighted by molar-refractivity contribution is 6.09. The molecule has 1 aromatic carbocycles. The highest BCUT2D eigenvalue weighted by atomic mass is 16.5. The van der Waals surface area contributed by atoms with Gasteiger partial charge in [-0.1, -0.05) is 24.3 Å². The first kappa shape index (κ1) is 14.7. The molecular weight excluding hydrogens is 320 g/mol. The molecule has 3 amide bonds. The van der Waals surface area contributed by atoms with E-state index in [1.54, 1.807) is 24.3 Å². The molecule has 2 bridgehead atoms. The van der Waals surface area contributed by atoms with Crippen LogP contribution in [0.4, 0.5) is 0 Å². The minimum Gasteiger partial charge on any atom is -0.496 e. The Morgan fingerprint density at radius 3 is 2.28 bits per heavy atom. The third-order valence-corrected chi connectivity index (χ3v) is 6.23. The Morgan fingerprint density at radius 2 is 1.68 bits per heavy atom. The van der Waals surface area contributed by atoms with Crippen molar-refractivity contribution >= 4 is 17.7 Å². The van der Waals surface area contributed by atoms with Crippen molar-refractivity contribution in [1.29, 1.82) is 0 Å². The number of ether oxygens (including phenoxy) is 1. The van der Waals surface area contributed by atoms with Crippen molar-refractivity contribution in [3.05, 3.63) is 42.0 Å². The summed E-state index contributed by atoms with van der Waals surface area (Å²) in [7, 11) is 1.47. The topological polar surface area (TPSA) is 75.7 Å². The SMILES string of the molecule is COc1ccccc1C(=O)NN1C(=O)C2C3C=CC(C4CC34)C2C1=O. The summed E-state index contributed by atoms with van der Waals surface area (Å²) >= 11 is 0. The van der Waals surface area contributed by atoms with Crippen molar-refractivity contribution in [3.63, 3.8) is 0 Å². The molecule has 0 radical (unpaired) electrons. The van der Waals surface area contributed by atoms with Crippen LogP contribution in [0.3, 0.4) is 0 Å². The van der Waals surface area contributed by atoms with E-state index in [0.717, 1.165) is 11.4 Å². The van der Waals surface area contributed by atoms with Gasteiger partial charge in [0.05, 0.1) is 24.5 Å². The molecule has 1 aromatic rings. The van der Waals surface area contributed by atoms with Crippen LogP contribution in [0.15, 0.2) is 36.4 Å². The molecule has 4 aliphatic carbocycles. The number of benzene rings is 1. The van der Waals surface area contributed by atoms with Crippen LogP contribution in [-0.4, -0.2) is 29.8 Å². The van der Waals surface area contributed by atoms with Crippen LogP contribution >= 0.6 is 0 Å². The summed E-state index contributed by atoms with van der Waals surface area (Å²) in [6.45, 7) is 0. The van der Waals surface area contributed by atoms with E-state index in [1.165, 1.54) is 7.11 Å². The number of allylic oxidation sites excluding steroid dienone is 2. The van der Waals surface area contributed by atoms with Crippen molar-refractivity contribution < 1.29 is 19.1 Å². The number of carbonyl (C=O) groups excluding carboxylic acids is 3. The molecule has 2 saturated carbocycles. The summed E-state index contributed by atoms with van der Waals surface area (Å²) in [6.07, 6.45) is 5.33. The molecule has 5 aliphatic rings. The fraction of sp³-hybridized carbons (Fsp3) is 0.421. The summed E-state index contributed by atoms with van der Waals surface area (Å²) < 4.78 is 5.18. The zero-order valence-electron chi connectivity index (χ0n) is 13.7. The van der Waals surface area contributed by atoms with Gasteiger partial charge in [-0.2, -0.15) is 5.01 Å². The third kappa shape index (κ3) is 1.88. The van der Waals surface area contributed by atoms with Crippen molar-refractivity contribution in [1.82, 2.24) is 10.4 Å². The molecule has 0 spiro atoms. The summed E-state index contributed by atoms with van der Waals surface area (Å²) in [4.78, 5) is 38.3. The van der Waals surface area contributed by atoms with Gasteiger partial charge in [0.15, 0.2) is 0 Å². The lowest BCUT2D eigenvalue weighted by atomic mass is 9.63. The van der Waals surface area contributed by atoms with Crippen LogP contribution in [0.1, 0.15) is 16.8 Å². The molecule has 6 heteroatoms. The monoisotopic (exact) mass is 338 g/mol.